The van der Waals surface area contributed by atoms with Crippen molar-refractivity contribution in [3.05, 3.63) is 57.8 Å². The highest BCUT2D eigenvalue weighted by Gasteiger charge is 2.32. The van der Waals surface area contributed by atoms with Gasteiger partial charge in [0.25, 0.3) is 0 Å². The van der Waals surface area contributed by atoms with E-state index in [1.54, 1.807) is 0 Å². The van der Waals surface area contributed by atoms with E-state index in [1.165, 1.54) is 41.7 Å². The van der Waals surface area contributed by atoms with Gasteiger partial charge in [-0.1, -0.05) is 69.4 Å². The Labute approximate surface area is 208 Å². The molecular formula is C28H39N3O2S. The molecule has 3 heterocycles. The van der Waals surface area contributed by atoms with Gasteiger partial charge in [0, 0.05) is 44.0 Å². The highest BCUT2D eigenvalue weighted by atomic mass is 32.1. The number of hydrogen-bond acceptors (Lipinski definition) is 4. The van der Waals surface area contributed by atoms with Crippen molar-refractivity contribution in [2.24, 2.45) is 0 Å². The molecule has 0 N–H and O–H groups in total. The number of unbranched alkanes of at least 4 members (excludes halogenated alkanes) is 5. The summed E-state index contributed by atoms with van der Waals surface area (Å²) in [7, 11) is 0. The van der Waals surface area contributed by atoms with E-state index in [1.807, 2.05) is 27.2 Å². The van der Waals surface area contributed by atoms with Crippen molar-refractivity contribution < 1.29 is 9.59 Å². The van der Waals surface area contributed by atoms with Gasteiger partial charge in [-0.15, -0.1) is 11.3 Å². The molecule has 1 fully saturated rings. The molecule has 0 bridgehead atoms. The summed E-state index contributed by atoms with van der Waals surface area (Å²) in [5.74, 6) is 0.440. The van der Waals surface area contributed by atoms with Gasteiger partial charge in [-0.3, -0.25) is 14.5 Å². The van der Waals surface area contributed by atoms with E-state index >= 15 is 0 Å². The monoisotopic (exact) mass is 481 g/mol. The minimum absolute atomic E-state index is 0.139. The number of piperazine rings is 1. The summed E-state index contributed by atoms with van der Waals surface area (Å²) in [5, 5.41) is 2.17. The van der Waals surface area contributed by atoms with Crippen LogP contribution in [0.3, 0.4) is 0 Å². The van der Waals surface area contributed by atoms with Gasteiger partial charge in [0.15, 0.2) is 0 Å². The number of amides is 2. The predicted molar refractivity (Wildman–Crippen MR) is 139 cm³/mol. The minimum Gasteiger partial charge on any atom is -0.339 e. The fourth-order valence-electron chi connectivity index (χ4n) is 5.26. The fraction of sp³-hybridized carbons (Fsp3) is 0.571. The molecule has 0 spiro atoms. The summed E-state index contributed by atoms with van der Waals surface area (Å²) in [6.45, 7) is 6.18. The lowest BCUT2D eigenvalue weighted by molar-refractivity contribution is -0.140. The van der Waals surface area contributed by atoms with Crippen LogP contribution in [0.5, 0.6) is 0 Å². The quantitative estimate of drug-likeness (QED) is 0.443. The SMILES string of the molecule is CCCCCCCCC(=O)N1CCN(C(=O)CN2CCc3sccc3[C@H]2c2ccccc2)CC1. The normalized spacial score (nSPS) is 18.7. The number of hydrogen-bond donors (Lipinski definition) is 0. The second kappa shape index (κ2) is 12.5. The number of nitrogens with zero attached hydrogens (tertiary/aromatic N) is 3. The zero-order chi connectivity index (χ0) is 23.8. The average Bonchev–Trinajstić information content (AvgIpc) is 3.35. The first-order valence-corrected chi connectivity index (χ1v) is 14.0. The second-order valence-corrected chi connectivity index (χ2v) is 10.6. The summed E-state index contributed by atoms with van der Waals surface area (Å²) >= 11 is 1.83. The molecule has 5 nitrogen and oxygen atoms in total. The van der Waals surface area contributed by atoms with Crippen molar-refractivity contribution >= 4 is 23.2 Å². The van der Waals surface area contributed by atoms with Crippen LogP contribution in [0, 0.1) is 0 Å². The summed E-state index contributed by atoms with van der Waals surface area (Å²) in [5.41, 5.74) is 2.60. The summed E-state index contributed by atoms with van der Waals surface area (Å²) in [4.78, 5) is 33.5. The number of benzene rings is 1. The third-order valence-corrected chi connectivity index (χ3v) is 8.25. The molecule has 0 radical (unpaired) electrons. The van der Waals surface area contributed by atoms with Crippen LogP contribution in [-0.4, -0.2) is 65.8 Å². The first kappa shape index (κ1) is 24.9. The third-order valence-electron chi connectivity index (χ3n) is 7.25. The largest absolute Gasteiger partial charge is 0.339 e. The van der Waals surface area contributed by atoms with Crippen molar-refractivity contribution in [3.8, 4) is 0 Å². The molecule has 1 saturated heterocycles. The maximum absolute atomic E-state index is 13.3. The maximum Gasteiger partial charge on any atom is 0.236 e. The minimum atomic E-state index is 0.139. The van der Waals surface area contributed by atoms with Crippen molar-refractivity contribution in [2.75, 3.05) is 39.3 Å². The summed E-state index contributed by atoms with van der Waals surface area (Å²) in [6, 6.07) is 12.9. The molecule has 2 amide bonds. The Morgan fingerprint density at radius 3 is 2.26 bits per heavy atom. The van der Waals surface area contributed by atoms with Crippen LogP contribution in [-0.2, 0) is 16.0 Å². The standard InChI is InChI=1S/C28H39N3O2S/c1-2-3-4-5-6-10-13-26(32)29-17-19-30(20-18-29)27(33)22-31-16-14-25-24(15-21-34-25)28(31)23-11-8-7-9-12-23/h7-9,11-12,15,21,28H,2-6,10,13-14,16-20,22H2,1H3/t28-/m1/s1. The van der Waals surface area contributed by atoms with E-state index < -0.39 is 0 Å². The Kier molecular flexibility index (Phi) is 9.17. The lowest BCUT2D eigenvalue weighted by Crippen LogP contribution is -2.53. The molecule has 1 atom stereocenters. The van der Waals surface area contributed by atoms with E-state index in [0.717, 1.165) is 25.8 Å². The van der Waals surface area contributed by atoms with Crippen molar-refractivity contribution in [3.63, 3.8) is 0 Å². The van der Waals surface area contributed by atoms with Crippen molar-refractivity contribution in [1.29, 1.82) is 0 Å². The zero-order valence-electron chi connectivity index (χ0n) is 20.6. The van der Waals surface area contributed by atoms with E-state index in [9.17, 15) is 9.59 Å². The predicted octanol–water partition coefficient (Wildman–Crippen LogP) is 5.12. The summed E-state index contributed by atoms with van der Waals surface area (Å²) in [6.07, 6.45) is 8.85. The molecule has 184 valence electrons. The molecule has 2 aromatic rings. The molecule has 0 saturated carbocycles. The topological polar surface area (TPSA) is 43.9 Å². The van der Waals surface area contributed by atoms with Crippen LogP contribution in [0.4, 0.5) is 0 Å². The van der Waals surface area contributed by atoms with Gasteiger partial charge in [-0.05, 0) is 35.4 Å². The van der Waals surface area contributed by atoms with Gasteiger partial charge in [-0.25, -0.2) is 0 Å². The molecule has 1 aromatic heterocycles. The highest BCUT2D eigenvalue weighted by Crippen LogP contribution is 2.37. The van der Waals surface area contributed by atoms with Gasteiger partial charge in [0.2, 0.25) is 11.8 Å². The van der Waals surface area contributed by atoms with E-state index in [2.05, 4.69) is 47.5 Å². The molecule has 0 aliphatic carbocycles. The van der Waals surface area contributed by atoms with E-state index in [-0.39, 0.29) is 17.9 Å². The van der Waals surface area contributed by atoms with Crippen molar-refractivity contribution in [1.82, 2.24) is 14.7 Å². The van der Waals surface area contributed by atoms with Crippen LogP contribution in [0.15, 0.2) is 41.8 Å². The number of fused-ring (bicyclic) bond motifs is 1. The number of thiophene rings is 1. The number of rotatable bonds is 10. The molecule has 0 unspecified atom stereocenters. The van der Waals surface area contributed by atoms with Crippen LogP contribution in [0.1, 0.15) is 73.9 Å². The molecule has 2 aliphatic heterocycles. The van der Waals surface area contributed by atoms with Gasteiger partial charge >= 0.3 is 0 Å². The van der Waals surface area contributed by atoms with Gasteiger partial charge in [0.05, 0.1) is 12.6 Å². The fourth-order valence-corrected chi connectivity index (χ4v) is 6.16. The molecule has 4 rings (SSSR count). The lowest BCUT2D eigenvalue weighted by Gasteiger charge is -2.39. The van der Waals surface area contributed by atoms with E-state index in [0.29, 0.717) is 39.1 Å². The van der Waals surface area contributed by atoms with Crippen LogP contribution < -0.4 is 0 Å². The van der Waals surface area contributed by atoms with Gasteiger partial charge < -0.3 is 9.80 Å². The van der Waals surface area contributed by atoms with Gasteiger partial charge in [-0.2, -0.15) is 0 Å². The molecule has 6 heteroatoms. The first-order valence-electron chi connectivity index (χ1n) is 13.1. The number of carbonyl (C=O) groups is 2. The molecule has 34 heavy (non-hydrogen) atoms. The average molecular weight is 482 g/mol. The smallest absolute Gasteiger partial charge is 0.236 e. The van der Waals surface area contributed by atoms with Crippen LogP contribution in [0.2, 0.25) is 0 Å². The third kappa shape index (κ3) is 6.28. The Bertz CT molecular complexity index is 921. The van der Waals surface area contributed by atoms with Crippen LogP contribution in [0.25, 0.3) is 0 Å². The maximum atomic E-state index is 13.3. The lowest BCUT2D eigenvalue weighted by atomic mass is 9.93. The Morgan fingerprint density at radius 1 is 0.853 bits per heavy atom. The van der Waals surface area contributed by atoms with Crippen molar-refractivity contribution in [2.45, 2.75) is 64.3 Å². The second-order valence-electron chi connectivity index (χ2n) is 9.61. The Balaban J connectivity index is 1.27. The summed E-state index contributed by atoms with van der Waals surface area (Å²) < 4.78 is 0. The zero-order valence-corrected chi connectivity index (χ0v) is 21.4. The molecular weight excluding hydrogens is 442 g/mol. The molecule has 1 aromatic carbocycles. The van der Waals surface area contributed by atoms with E-state index in [4.69, 9.17) is 0 Å². The molecule has 2 aliphatic rings. The Morgan fingerprint density at radius 2 is 1.53 bits per heavy atom. The van der Waals surface area contributed by atoms with Gasteiger partial charge in [0.1, 0.15) is 0 Å². The Hall–Kier alpha value is -2.18. The first-order chi connectivity index (χ1) is 16.7. The number of carbonyl (C=O) groups excluding carboxylic acids is 2. The van der Waals surface area contributed by atoms with Crippen LogP contribution >= 0.6 is 11.3 Å². The highest BCUT2D eigenvalue weighted by molar-refractivity contribution is 7.10.